The highest BCUT2D eigenvalue weighted by atomic mass is 16.5. The molecule has 0 bridgehead atoms. The maximum absolute atomic E-state index is 11.8. The van der Waals surface area contributed by atoms with E-state index >= 15 is 0 Å². The molecule has 3 N–H and O–H groups in total. The normalized spacial score (nSPS) is 9.96. The summed E-state index contributed by atoms with van der Waals surface area (Å²) in [5.74, 6) is 0.424. The average Bonchev–Trinajstić information content (AvgIpc) is 2.63. The number of benzene rings is 2. The molecular formula is C18H20N2O5. The molecule has 0 aliphatic heterocycles. The highest BCUT2D eigenvalue weighted by Crippen LogP contribution is 2.25. The zero-order valence-corrected chi connectivity index (χ0v) is 13.8. The summed E-state index contributed by atoms with van der Waals surface area (Å²) in [7, 11) is 1.53. The van der Waals surface area contributed by atoms with Crippen molar-refractivity contribution in [3.8, 4) is 17.2 Å². The van der Waals surface area contributed by atoms with Crippen molar-refractivity contribution >= 4 is 11.8 Å². The predicted octanol–water partition coefficient (Wildman–Crippen LogP) is 1.33. The Balaban J connectivity index is 1.68. The van der Waals surface area contributed by atoms with Gasteiger partial charge in [-0.1, -0.05) is 18.2 Å². The maximum atomic E-state index is 11.8. The van der Waals surface area contributed by atoms with Crippen LogP contribution in [0, 0.1) is 0 Å². The summed E-state index contributed by atoms with van der Waals surface area (Å²) in [6.45, 7) is 0.369. The van der Waals surface area contributed by atoms with Gasteiger partial charge in [-0.25, -0.2) is 0 Å². The maximum Gasteiger partial charge on any atom is 0.258 e. The van der Waals surface area contributed by atoms with Gasteiger partial charge in [-0.3, -0.25) is 9.59 Å². The van der Waals surface area contributed by atoms with Gasteiger partial charge in [-0.05, 0) is 30.3 Å². The number of amides is 2. The first-order chi connectivity index (χ1) is 12.1. The molecule has 0 aliphatic carbocycles. The molecule has 0 radical (unpaired) electrons. The number of hydrogen-bond acceptors (Lipinski definition) is 5. The van der Waals surface area contributed by atoms with Gasteiger partial charge in [0.25, 0.3) is 11.8 Å². The van der Waals surface area contributed by atoms with Crippen molar-refractivity contribution in [1.82, 2.24) is 10.6 Å². The molecule has 0 spiro atoms. The van der Waals surface area contributed by atoms with Crippen LogP contribution in [0.4, 0.5) is 0 Å². The van der Waals surface area contributed by atoms with Gasteiger partial charge >= 0.3 is 0 Å². The van der Waals surface area contributed by atoms with Crippen molar-refractivity contribution < 1.29 is 24.2 Å². The van der Waals surface area contributed by atoms with Crippen molar-refractivity contribution in [2.75, 3.05) is 26.8 Å². The minimum atomic E-state index is -0.324. The predicted molar refractivity (Wildman–Crippen MR) is 91.9 cm³/mol. The van der Waals surface area contributed by atoms with E-state index in [0.717, 1.165) is 0 Å². The molecule has 0 aromatic heterocycles. The Morgan fingerprint density at radius 3 is 2.44 bits per heavy atom. The van der Waals surface area contributed by atoms with Gasteiger partial charge in [0.1, 0.15) is 5.75 Å². The van der Waals surface area contributed by atoms with Gasteiger partial charge in [0.15, 0.2) is 18.1 Å². The van der Waals surface area contributed by atoms with Crippen molar-refractivity contribution in [3.63, 3.8) is 0 Å². The second-order valence-electron chi connectivity index (χ2n) is 5.10. The summed E-state index contributed by atoms with van der Waals surface area (Å²) >= 11 is 0. The number of carbonyl (C=O) groups is 2. The van der Waals surface area contributed by atoms with Crippen LogP contribution in [-0.2, 0) is 4.79 Å². The van der Waals surface area contributed by atoms with Gasteiger partial charge in [0.2, 0.25) is 0 Å². The highest BCUT2D eigenvalue weighted by molar-refractivity contribution is 5.94. The Hall–Kier alpha value is -3.22. The summed E-state index contributed by atoms with van der Waals surface area (Å²) in [5, 5.41) is 14.6. The van der Waals surface area contributed by atoms with Gasteiger partial charge in [0, 0.05) is 18.7 Å². The summed E-state index contributed by atoms with van der Waals surface area (Å²) in [6.07, 6.45) is 0. The molecule has 7 nitrogen and oxygen atoms in total. The van der Waals surface area contributed by atoms with Gasteiger partial charge in [-0.2, -0.15) is 0 Å². The number of carbonyl (C=O) groups excluding carboxylic acids is 2. The molecule has 132 valence electrons. The molecule has 0 saturated heterocycles. The summed E-state index contributed by atoms with van der Waals surface area (Å²) in [5.41, 5.74) is 0.353. The lowest BCUT2D eigenvalue weighted by molar-refractivity contribution is -0.123. The molecule has 0 unspecified atom stereocenters. The van der Waals surface area contributed by atoms with E-state index in [4.69, 9.17) is 9.47 Å². The SMILES string of the molecule is COc1ccccc1OCC(=O)NCCNC(=O)c1cccc(O)c1. The van der Waals surface area contributed by atoms with E-state index in [0.29, 0.717) is 17.1 Å². The quantitative estimate of drug-likeness (QED) is 0.628. The van der Waals surface area contributed by atoms with Crippen LogP contribution in [0.1, 0.15) is 10.4 Å². The molecule has 25 heavy (non-hydrogen) atoms. The number of rotatable bonds is 8. The summed E-state index contributed by atoms with van der Waals surface area (Å²) < 4.78 is 10.5. The second-order valence-corrected chi connectivity index (χ2v) is 5.10. The number of nitrogens with one attached hydrogen (secondary N) is 2. The number of aromatic hydroxyl groups is 1. The summed E-state index contributed by atoms with van der Waals surface area (Å²) in [6, 6.07) is 13.1. The lowest BCUT2D eigenvalue weighted by atomic mass is 10.2. The van der Waals surface area contributed by atoms with Crippen molar-refractivity contribution in [2.24, 2.45) is 0 Å². The smallest absolute Gasteiger partial charge is 0.258 e. The minimum absolute atomic E-state index is 0.0226. The van der Waals surface area contributed by atoms with E-state index in [2.05, 4.69) is 10.6 Å². The Morgan fingerprint density at radius 2 is 1.72 bits per heavy atom. The molecule has 2 rings (SSSR count). The van der Waals surface area contributed by atoms with Crippen molar-refractivity contribution in [2.45, 2.75) is 0 Å². The highest BCUT2D eigenvalue weighted by Gasteiger charge is 2.08. The Morgan fingerprint density at radius 1 is 1.00 bits per heavy atom. The monoisotopic (exact) mass is 344 g/mol. The third-order valence-corrected chi connectivity index (χ3v) is 3.27. The second kappa shape index (κ2) is 9.17. The van der Waals surface area contributed by atoms with Gasteiger partial charge < -0.3 is 25.2 Å². The van der Waals surface area contributed by atoms with E-state index in [1.807, 2.05) is 0 Å². The molecule has 0 heterocycles. The lowest BCUT2D eigenvalue weighted by Gasteiger charge is -2.11. The zero-order chi connectivity index (χ0) is 18.1. The van der Waals surface area contributed by atoms with Crippen LogP contribution in [0.15, 0.2) is 48.5 Å². The lowest BCUT2D eigenvalue weighted by Crippen LogP contribution is -2.36. The first-order valence-electron chi connectivity index (χ1n) is 7.70. The molecule has 0 fully saturated rings. The topological polar surface area (TPSA) is 96.9 Å². The fourth-order valence-corrected chi connectivity index (χ4v) is 2.06. The molecule has 0 saturated carbocycles. The van der Waals surface area contributed by atoms with Crippen LogP contribution >= 0.6 is 0 Å². The average molecular weight is 344 g/mol. The van der Waals surface area contributed by atoms with Crippen molar-refractivity contribution in [3.05, 3.63) is 54.1 Å². The number of phenolic OH excluding ortho intramolecular Hbond substituents is 1. The molecule has 2 aromatic carbocycles. The van der Waals surface area contributed by atoms with Gasteiger partial charge in [-0.15, -0.1) is 0 Å². The molecule has 0 aliphatic rings. The Labute approximate surface area is 145 Å². The fraction of sp³-hybridized carbons (Fsp3) is 0.222. The molecular weight excluding hydrogens is 324 g/mol. The number of ether oxygens (including phenoxy) is 2. The van der Waals surface area contributed by atoms with Crippen LogP contribution in [0.25, 0.3) is 0 Å². The third-order valence-electron chi connectivity index (χ3n) is 3.27. The van der Waals surface area contributed by atoms with Crippen LogP contribution in [-0.4, -0.2) is 43.7 Å². The molecule has 0 atom stereocenters. The fourth-order valence-electron chi connectivity index (χ4n) is 2.06. The first-order valence-corrected chi connectivity index (χ1v) is 7.70. The van der Waals surface area contributed by atoms with Crippen molar-refractivity contribution in [1.29, 1.82) is 0 Å². The third kappa shape index (κ3) is 5.72. The molecule has 2 aromatic rings. The zero-order valence-electron chi connectivity index (χ0n) is 13.8. The van der Waals surface area contributed by atoms with Gasteiger partial charge in [0.05, 0.1) is 7.11 Å². The van der Waals surface area contributed by atoms with Crippen LogP contribution < -0.4 is 20.1 Å². The number of hydrogen-bond donors (Lipinski definition) is 3. The van der Waals surface area contributed by atoms with E-state index in [1.54, 1.807) is 36.4 Å². The number of methoxy groups -OCH3 is 1. The standard InChI is InChI=1S/C18H20N2O5/c1-24-15-7-2-3-8-16(15)25-12-17(22)19-9-10-20-18(23)13-5-4-6-14(21)11-13/h2-8,11,21H,9-10,12H2,1H3,(H,19,22)(H,20,23). The number of phenols is 1. The molecule has 2 amide bonds. The largest absolute Gasteiger partial charge is 0.508 e. The summed E-state index contributed by atoms with van der Waals surface area (Å²) in [4.78, 5) is 23.6. The first kappa shape index (κ1) is 18.1. The van der Waals surface area contributed by atoms with Crippen LogP contribution in [0.3, 0.4) is 0 Å². The Kier molecular flexibility index (Phi) is 6.65. The van der Waals surface area contributed by atoms with E-state index in [-0.39, 0.29) is 37.3 Å². The minimum Gasteiger partial charge on any atom is -0.508 e. The van der Waals surface area contributed by atoms with E-state index in [9.17, 15) is 14.7 Å². The molecule has 7 heteroatoms. The van der Waals surface area contributed by atoms with Crippen LogP contribution in [0.5, 0.6) is 17.2 Å². The van der Waals surface area contributed by atoms with E-state index in [1.165, 1.54) is 19.2 Å². The van der Waals surface area contributed by atoms with Crippen LogP contribution in [0.2, 0.25) is 0 Å². The van der Waals surface area contributed by atoms with E-state index < -0.39 is 0 Å². The Bertz CT molecular complexity index is 733. The number of para-hydroxylation sites is 2.